The van der Waals surface area contributed by atoms with Gasteiger partial charge in [-0.15, -0.1) is 0 Å². The van der Waals surface area contributed by atoms with Gasteiger partial charge in [0.05, 0.1) is 14.9 Å². The highest BCUT2D eigenvalue weighted by molar-refractivity contribution is 14.1. The number of esters is 3. The first-order chi connectivity index (χ1) is 13.9. The lowest BCUT2D eigenvalue weighted by Gasteiger charge is -2.20. The van der Waals surface area contributed by atoms with Gasteiger partial charge in [0.25, 0.3) is 11.8 Å². The second-order valence-electron chi connectivity index (χ2n) is 5.61. The van der Waals surface area contributed by atoms with Crippen LogP contribution in [-0.2, 0) is 44.8 Å². The van der Waals surface area contributed by atoms with Gasteiger partial charge in [0, 0.05) is 33.5 Å². The smallest absolute Gasteiger partial charge is 0.303 e. The molecule has 30 heavy (non-hydrogen) atoms. The average molecular weight is 758 g/mol. The van der Waals surface area contributed by atoms with Gasteiger partial charge in [-0.2, -0.15) is 0 Å². The number of benzene rings is 1. The van der Waals surface area contributed by atoms with E-state index in [1.807, 2.05) is 67.8 Å². The number of amides is 2. The summed E-state index contributed by atoms with van der Waals surface area (Å²) in [5.74, 6) is -2.88. The molecule has 0 bridgehead atoms. The Morgan fingerprint density at radius 3 is 1.37 bits per heavy atom. The van der Waals surface area contributed by atoms with E-state index in [2.05, 4.69) is 10.6 Å². The number of rotatable bonds is 8. The Kier molecular flexibility index (Phi) is 11.2. The van der Waals surface area contributed by atoms with E-state index >= 15 is 0 Å². The fraction of sp³-hybridized carbons (Fsp3) is 0.353. The molecule has 0 spiro atoms. The highest BCUT2D eigenvalue weighted by Crippen LogP contribution is 2.39. The van der Waals surface area contributed by atoms with E-state index in [1.54, 1.807) is 0 Å². The summed E-state index contributed by atoms with van der Waals surface area (Å²) in [6.45, 7) is 2.56. The number of carbonyl (C=O) groups excluding carboxylic acids is 5. The summed E-state index contributed by atoms with van der Waals surface area (Å²) in [5.41, 5.74) is 1.25. The zero-order chi connectivity index (χ0) is 23.0. The molecule has 0 saturated carbocycles. The van der Waals surface area contributed by atoms with Crippen LogP contribution in [0, 0.1) is 10.7 Å². The zero-order valence-corrected chi connectivity index (χ0v) is 22.5. The van der Waals surface area contributed by atoms with Gasteiger partial charge >= 0.3 is 17.9 Å². The number of anilines is 2. The molecule has 1 rings (SSSR count). The van der Waals surface area contributed by atoms with Crippen LogP contribution in [0.4, 0.5) is 11.4 Å². The van der Waals surface area contributed by atoms with Gasteiger partial charge < -0.3 is 24.8 Å². The lowest BCUT2D eigenvalue weighted by atomic mass is 10.1. The molecule has 0 unspecified atom stereocenters. The van der Waals surface area contributed by atoms with Crippen molar-refractivity contribution in [2.75, 3.05) is 23.8 Å². The Hall–Kier alpha value is -1.24. The molecule has 0 aromatic heterocycles. The Morgan fingerprint density at radius 1 is 0.667 bits per heavy atom. The summed E-state index contributed by atoms with van der Waals surface area (Å²) >= 11 is 5.91. The molecule has 0 aliphatic heterocycles. The van der Waals surface area contributed by atoms with Gasteiger partial charge in [-0.05, 0) is 67.8 Å². The van der Waals surface area contributed by atoms with Gasteiger partial charge in [-0.25, -0.2) is 0 Å². The van der Waals surface area contributed by atoms with Crippen LogP contribution in [0.25, 0.3) is 0 Å². The van der Waals surface area contributed by atoms with Crippen molar-refractivity contribution in [1.29, 1.82) is 0 Å². The molecular weight excluding hydrogens is 741 g/mol. The van der Waals surface area contributed by atoms with Crippen molar-refractivity contribution in [3.63, 3.8) is 0 Å². The molecule has 0 saturated heterocycles. The first-order valence-electron chi connectivity index (χ1n) is 8.13. The minimum absolute atomic E-state index is 0.0948. The third-order valence-electron chi connectivity index (χ3n) is 3.17. The summed E-state index contributed by atoms with van der Waals surface area (Å²) < 4.78 is 16.1. The van der Waals surface area contributed by atoms with Gasteiger partial charge in [-0.1, -0.05) is 0 Å². The van der Waals surface area contributed by atoms with Crippen molar-refractivity contribution in [3.05, 3.63) is 16.3 Å². The first kappa shape index (κ1) is 26.8. The number of halogens is 3. The maximum Gasteiger partial charge on any atom is 0.303 e. The standard InChI is InChI=1S/C17H17I3N2O8/c1-7(23)28-4-10-13(18)16(21-11(26)5-29-8(2)24)15(20)17(14(10)19)22-12(27)6-30-9(3)25/h4-6H2,1-3H3,(H,21,26)(H,22,27). The molecule has 164 valence electrons. The second-order valence-corrected chi connectivity index (χ2v) is 8.84. The van der Waals surface area contributed by atoms with Crippen molar-refractivity contribution in [3.8, 4) is 0 Å². The zero-order valence-electron chi connectivity index (χ0n) is 16.0. The van der Waals surface area contributed by atoms with Crippen LogP contribution in [0.3, 0.4) is 0 Å². The van der Waals surface area contributed by atoms with E-state index in [0.717, 1.165) is 0 Å². The van der Waals surface area contributed by atoms with Gasteiger partial charge in [0.15, 0.2) is 13.2 Å². The van der Waals surface area contributed by atoms with E-state index in [9.17, 15) is 24.0 Å². The van der Waals surface area contributed by atoms with Crippen LogP contribution in [0.5, 0.6) is 0 Å². The SMILES string of the molecule is CC(=O)OCC(=O)Nc1c(I)c(COC(C)=O)c(I)c(NC(=O)COC(C)=O)c1I. The first-order valence-corrected chi connectivity index (χ1v) is 11.4. The van der Waals surface area contributed by atoms with Crippen molar-refractivity contribution < 1.29 is 38.2 Å². The number of carbonyl (C=O) groups is 5. The Balaban J connectivity index is 3.33. The molecule has 1 aromatic carbocycles. The Bertz CT molecular complexity index is 829. The predicted molar refractivity (Wildman–Crippen MR) is 131 cm³/mol. The van der Waals surface area contributed by atoms with E-state index in [-0.39, 0.29) is 6.61 Å². The van der Waals surface area contributed by atoms with E-state index in [0.29, 0.717) is 27.6 Å². The number of hydrogen-bond acceptors (Lipinski definition) is 8. The van der Waals surface area contributed by atoms with E-state index in [1.165, 1.54) is 20.8 Å². The lowest BCUT2D eigenvalue weighted by molar-refractivity contribution is -0.145. The third kappa shape index (κ3) is 8.48. The highest BCUT2D eigenvalue weighted by Gasteiger charge is 2.24. The molecular formula is C17H17I3N2O8. The fourth-order valence-corrected chi connectivity index (χ4v) is 5.94. The van der Waals surface area contributed by atoms with Crippen LogP contribution in [0.1, 0.15) is 26.3 Å². The lowest BCUT2D eigenvalue weighted by Crippen LogP contribution is -2.24. The molecule has 0 radical (unpaired) electrons. The summed E-state index contributed by atoms with van der Waals surface area (Å²) in [6.07, 6.45) is 0. The van der Waals surface area contributed by atoms with Crippen molar-refractivity contribution in [1.82, 2.24) is 0 Å². The molecule has 2 N–H and O–H groups in total. The molecule has 0 heterocycles. The summed E-state index contributed by atoms with van der Waals surface area (Å²) in [7, 11) is 0. The maximum atomic E-state index is 12.2. The summed E-state index contributed by atoms with van der Waals surface area (Å²) in [4.78, 5) is 57.5. The Morgan fingerprint density at radius 2 is 1.03 bits per heavy atom. The molecule has 13 heteroatoms. The van der Waals surface area contributed by atoms with E-state index in [4.69, 9.17) is 14.2 Å². The largest absolute Gasteiger partial charge is 0.461 e. The maximum absolute atomic E-state index is 12.2. The van der Waals surface area contributed by atoms with Gasteiger partial charge in [0.2, 0.25) is 0 Å². The van der Waals surface area contributed by atoms with Gasteiger partial charge in [0.1, 0.15) is 6.61 Å². The van der Waals surface area contributed by atoms with E-state index < -0.39 is 42.9 Å². The molecule has 1 aromatic rings. The summed E-state index contributed by atoms with van der Waals surface area (Å²) in [5, 5.41) is 5.28. The molecule has 0 atom stereocenters. The number of ether oxygens (including phenoxy) is 3. The van der Waals surface area contributed by atoms with Crippen molar-refractivity contribution in [2.24, 2.45) is 0 Å². The topological polar surface area (TPSA) is 137 Å². The minimum Gasteiger partial charge on any atom is -0.461 e. The van der Waals surface area contributed by atoms with Crippen LogP contribution in [0.2, 0.25) is 0 Å². The molecule has 0 aliphatic carbocycles. The van der Waals surface area contributed by atoms with Crippen molar-refractivity contribution in [2.45, 2.75) is 27.4 Å². The monoisotopic (exact) mass is 758 g/mol. The molecule has 2 amide bonds. The fourth-order valence-electron chi connectivity index (χ4n) is 1.92. The van der Waals surface area contributed by atoms with Crippen molar-refractivity contribution >= 4 is 109 Å². The number of nitrogens with one attached hydrogen (secondary N) is 2. The minimum atomic E-state index is -0.605. The van der Waals surface area contributed by atoms with Crippen LogP contribution >= 0.6 is 67.8 Å². The third-order valence-corrected chi connectivity index (χ3v) is 6.63. The average Bonchev–Trinajstić information content (AvgIpc) is 2.65. The quantitative estimate of drug-likeness (QED) is 0.235. The molecule has 0 fully saturated rings. The van der Waals surface area contributed by atoms with Crippen LogP contribution < -0.4 is 10.6 Å². The van der Waals surface area contributed by atoms with Crippen LogP contribution in [-0.4, -0.2) is 42.9 Å². The number of hydrogen-bond donors (Lipinski definition) is 2. The molecule has 0 aliphatic rings. The summed E-state index contributed by atoms with van der Waals surface area (Å²) in [6, 6.07) is 0. The second kappa shape index (κ2) is 12.6. The highest BCUT2D eigenvalue weighted by atomic mass is 127. The van der Waals surface area contributed by atoms with Gasteiger partial charge in [-0.3, -0.25) is 24.0 Å². The normalized spacial score (nSPS) is 10.1. The predicted octanol–water partition coefficient (Wildman–Crippen LogP) is 2.57. The van der Waals surface area contributed by atoms with Crippen LogP contribution in [0.15, 0.2) is 0 Å². The molecule has 10 nitrogen and oxygen atoms in total. The Labute approximate surface area is 212 Å².